The molecule has 2 aromatic rings. The molecule has 1 aromatic heterocycles. The summed E-state index contributed by atoms with van der Waals surface area (Å²) >= 11 is 3.55. The first-order chi connectivity index (χ1) is 7.99. The standard InChI is InChI=1S/C12H15BrN4/c1-7-4-10(5-8(2)12(7)13)17-6-11(9(3)14)15-16-17/h4-6,9H,14H2,1-3H3. The Balaban J connectivity index is 2.46. The quantitative estimate of drug-likeness (QED) is 0.926. The summed E-state index contributed by atoms with van der Waals surface area (Å²) in [6.45, 7) is 6.01. The SMILES string of the molecule is Cc1cc(-n2cc(C(C)N)nn2)cc(C)c1Br. The van der Waals surface area contributed by atoms with Crippen molar-refractivity contribution in [3.05, 3.63) is 39.6 Å². The van der Waals surface area contributed by atoms with E-state index < -0.39 is 0 Å². The molecule has 0 bridgehead atoms. The number of hydrogen-bond donors (Lipinski definition) is 1. The summed E-state index contributed by atoms with van der Waals surface area (Å²) in [5, 5.41) is 8.14. The third-order valence-corrected chi connectivity index (χ3v) is 3.91. The summed E-state index contributed by atoms with van der Waals surface area (Å²) < 4.78 is 2.89. The highest BCUT2D eigenvalue weighted by atomic mass is 79.9. The molecule has 90 valence electrons. The van der Waals surface area contributed by atoms with Gasteiger partial charge >= 0.3 is 0 Å². The van der Waals surface area contributed by atoms with Crippen molar-refractivity contribution in [2.24, 2.45) is 5.73 Å². The van der Waals surface area contributed by atoms with Crippen molar-refractivity contribution >= 4 is 15.9 Å². The average Bonchev–Trinajstić information content (AvgIpc) is 2.74. The highest BCUT2D eigenvalue weighted by molar-refractivity contribution is 9.10. The van der Waals surface area contributed by atoms with E-state index in [2.05, 4.69) is 52.2 Å². The summed E-state index contributed by atoms with van der Waals surface area (Å²) in [4.78, 5) is 0. The second kappa shape index (κ2) is 4.58. The fourth-order valence-electron chi connectivity index (χ4n) is 1.67. The van der Waals surface area contributed by atoms with Gasteiger partial charge in [-0.05, 0) is 44.0 Å². The average molecular weight is 295 g/mol. The van der Waals surface area contributed by atoms with Crippen LogP contribution in [0.1, 0.15) is 29.8 Å². The van der Waals surface area contributed by atoms with E-state index in [9.17, 15) is 0 Å². The number of aromatic nitrogens is 3. The number of nitrogens with zero attached hydrogens (tertiary/aromatic N) is 3. The van der Waals surface area contributed by atoms with Crippen molar-refractivity contribution in [2.45, 2.75) is 26.8 Å². The molecule has 0 aliphatic rings. The predicted molar refractivity (Wildman–Crippen MR) is 71.1 cm³/mol. The molecule has 0 saturated carbocycles. The molecule has 1 heterocycles. The minimum absolute atomic E-state index is 0.0959. The second-order valence-electron chi connectivity index (χ2n) is 4.27. The Morgan fingerprint density at radius 3 is 2.35 bits per heavy atom. The Labute approximate surface area is 109 Å². The molecule has 2 rings (SSSR count). The van der Waals surface area contributed by atoms with E-state index in [1.807, 2.05) is 13.1 Å². The smallest absolute Gasteiger partial charge is 0.0995 e. The topological polar surface area (TPSA) is 56.7 Å². The van der Waals surface area contributed by atoms with E-state index >= 15 is 0 Å². The van der Waals surface area contributed by atoms with Crippen LogP contribution in [0.15, 0.2) is 22.8 Å². The molecular weight excluding hydrogens is 280 g/mol. The van der Waals surface area contributed by atoms with Crippen LogP contribution in [0.5, 0.6) is 0 Å². The van der Waals surface area contributed by atoms with Gasteiger partial charge in [-0.15, -0.1) is 5.10 Å². The highest BCUT2D eigenvalue weighted by Gasteiger charge is 2.08. The van der Waals surface area contributed by atoms with Crippen LogP contribution in [-0.4, -0.2) is 15.0 Å². The second-order valence-corrected chi connectivity index (χ2v) is 5.06. The van der Waals surface area contributed by atoms with Gasteiger partial charge in [0.15, 0.2) is 0 Å². The first-order valence-corrected chi connectivity index (χ1v) is 6.23. The molecule has 0 radical (unpaired) electrons. The first-order valence-electron chi connectivity index (χ1n) is 5.44. The number of benzene rings is 1. The lowest BCUT2D eigenvalue weighted by Gasteiger charge is -2.07. The normalized spacial score (nSPS) is 12.8. The lowest BCUT2D eigenvalue weighted by molar-refractivity contribution is 0.756. The molecular formula is C12H15BrN4. The number of aryl methyl sites for hydroxylation is 2. The largest absolute Gasteiger partial charge is 0.323 e. The monoisotopic (exact) mass is 294 g/mol. The maximum absolute atomic E-state index is 5.77. The van der Waals surface area contributed by atoms with E-state index in [0.717, 1.165) is 15.9 Å². The van der Waals surface area contributed by atoms with Crippen molar-refractivity contribution in [1.29, 1.82) is 0 Å². The number of halogens is 1. The molecule has 4 nitrogen and oxygen atoms in total. The fraction of sp³-hybridized carbons (Fsp3) is 0.333. The summed E-state index contributed by atoms with van der Waals surface area (Å²) in [5.74, 6) is 0. The van der Waals surface area contributed by atoms with Gasteiger partial charge in [-0.3, -0.25) is 0 Å². The molecule has 0 saturated heterocycles. The van der Waals surface area contributed by atoms with E-state index in [1.54, 1.807) is 4.68 Å². The molecule has 0 spiro atoms. The van der Waals surface area contributed by atoms with Crippen molar-refractivity contribution in [1.82, 2.24) is 15.0 Å². The van der Waals surface area contributed by atoms with E-state index in [1.165, 1.54) is 11.1 Å². The molecule has 1 atom stereocenters. The van der Waals surface area contributed by atoms with Gasteiger partial charge in [-0.1, -0.05) is 21.1 Å². The third kappa shape index (κ3) is 2.40. The zero-order chi connectivity index (χ0) is 12.6. The molecule has 5 heteroatoms. The Hall–Kier alpha value is -1.20. The van der Waals surface area contributed by atoms with E-state index in [-0.39, 0.29) is 6.04 Å². The molecule has 0 aliphatic heterocycles. The van der Waals surface area contributed by atoms with Crippen LogP contribution in [0.3, 0.4) is 0 Å². The summed E-state index contributed by atoms with van der Waals surface area (Å²) in [6.07, 6.45) is 1.87. The molecule has 1 aromatic carbocycles. The molecule has 2 N–H and O–H groups in total. The summed E-state index contributed by atoms with van der Waals surface area (Å²) in [5.41, 5.74) is 9.92. The molecule has 1 unspecified atom stereocenters. The van der Waals surface area contributed by atoms with Gasteiger partial charge in [0.25, 0.3) is 0 Å². The van der Waals surface area contributed by atoms with Crippen LogP contribution >= 0.6 is 15.9 Å². The zero-order valence-corrected chi connectivity index (χ0v) is 11.7. The van der Waals surface area contributed by atoms with Gasteiger partial charge in [0.05, 0.1) is 17.6 Å². The third-order valence-electron chi connectivity index (χ3n) is 2.66. The van der Waals surface area contributed by atoms with Crippen LogP contribution in [0.25, 0.3) is 5.69 Å². The number of nitrogens with two attached hydrogens (primary N) is 1. The van der Waals surface area contributed by atoms with Crippen LogP contribution in [0.4, 0.5) is 0 Å². The molecule has 17 heavy (non-hydrogen) atoms. The van der Waals surface area contributed by atoms with Crippen LogP contribution in [-0.2, 0) is 0 Å². The van der Waals surface area contributed by atoms with Crippen LogP contribution < -0.4 is 5.73 Å². The summed E-state index contributed by atoms with van der Waals surface area (Å²) in [6, 6.07) is 4.04. The lowest BCUT2D eigenvalue weighted by atomic mass is 10.1. The lowest BCUT2D eigenvalue weighted by Crippen LogP contribution is -2.04. The van der Waals surface area contributed by atoms with Gasteiger partial charge in [-0.2, -0.15) is 0 Å². The van der Waals surface area contributed by atoms with Gasteiger partial charge in [-0.25, -0.2) is 4.68 Å². The zero-order valence-electron chi connectivity index (χ0n) is 10.1. The molecule has 0 aliphatic carbocycles. The number of rotatable bonds is 2. The van der Waals surface area contributed by atoms with Crippen molar-refractivity contribution in [2.75, 3.05) is 0 Å². The Bertz CT molecular complexity index is 522. The van der Waals surface area contributed by atoms with Gasteiger partial charge in [0.1, 0.15) is 0 Å². The molecule has 0 fully saturated rings. The van der Waals surface area contributed by atoms with Crippen molar-refractivity contribution in [3.8, 4) is 5.69 Å². The van der Waals surface area contributed by atoms with Crippen LogP contribution in [0, 0.1) is 13.8 Å². The minimum Gasteiger partial charge on any atom is -0.323 e. The van der Waals surface area contributed by atoms with E-state index in [4.69, 9.17) is 5.73 Å². The Kier molecular flexibility index (Phi) is 3.31. The Morgan fingerprint density at radius 1 is 1.29 bits per heavy atom. The van der Waals surface area contributed by atoms with Gasteiger partial charge in [0.2, 0.25) is 0 Å². The van der Waals surface area contributed by atoms with Crippen LogP contribution in [0.2, 0.25) is 0 Å². The fourth-order valence-corrected chi connectivity index (χ4v) is 1.90. The maximum Gasteiger partial charge on any atom is 0.0995 e. The highest BCUT2D eigenvalue weighted by Crippen LogP contribution is 2.24. The molecule has 0 amide bonds. The predicted octanol–water partition coefficient (Wildman–Crippen LogP) is 2.67. The maximum atomic E-state index is 5.77. The van der Waals surface area contributed by atoms with Gasteiger partial charge in [0, 0.05) is 10.5 Å². The number of hydrogen-bond acceptors (Lipinski definition) is 3. The summed E-state index contributed by atoms with van der Waals surface area (Å²) in [7, 11) is 0. The van der Waals surface area contributed by atoms with E-state index in [0.29, 0.717) is 0 Å². The van der Waals surface area contributed by atoms with Gasteiger partial charge < -0.3 is 5.73 Å². The Morgan fingerprint density at radius 2 is 1.88 bits per heavy atom. The first kappa shape index (κ1) is 12.3. The van der Waals surface area contributed by atoms with Crippen molar-refractivity contribution in [3.63, 3.8) is 0 Å². The minimum atomic E-state index is -0.0959. The van der Waals surface area contributed by atoms with Crippen molar-refractivity contribution < 1.29 is 0 Å².